The van der Waals surface area contributed by atoms with Crippen molar-refractivity contribution < 1.29 is 0 Å². The molecule has 0 bridgehead atoms. The van der Waals surface area contributed by atoms with E-state index in [2.05, 4.69) is 36.7 Å². The Balaban J connectivity index is 2.38. The average Bonchev–Trinajstić information content (AvgIpc) is 2.38. The molecular formula is C16H16N2. The minimum atomic E-state index is 0.115. The predicted molar refractivity (Wildman–Crippen MR) is 74.6 cm³/mol. The van der Waals surface area contributed by atoms with Crippen LogP contribution in [0.4, 0.5) is 5.69 Å². The van der Waals surface area contributed by atoms with E-state index in [-0.39, 0.29) is 5.41 Å². The molecule has 0 unspecified atom stereocenters. The zero-order valence-electron chi connectivity index (χ0n) is 10.9. The summed E-state index contributed by atoms with van der Waals surface area (Å²) in [5, 5.41) is 0. The number of aromatic nitrogens is 1. The summed E-state index contributed by atoms with van der Waals surface area (Å²) in [5.74, 6) is 0. The molecule has 1 heterocycles. The fraction of sp³-hybridized carbons (Fsp3) is 0.250. The summed E-state index contributed by atoms with van der Waals surface area (Å²) in [6.07, 6.45) is 1.92. The van der Waals surface area contributed by atoms with Gasteiger partial charge in [-0.25, -0.2) is 4.85 Å². The van der Waals surface area contributed by atoms with E-state index in [9.17, 15) is 0 Å². The molecule has 0 N–H and O–H groups in total. The van der Waals surface area contributed by atoms with Gasteiger partial charge in [-0.1, -0.05) is 45.0 Å². The van der Waals surface area contributed by atoms with Gasteiger partial charge in [0.05, 0.1) is 12.3 Å². The van der Waals surface area contributed by atoms with Crippen LogP contribution in [0.1, 0.15) is 26.3 Å². The maximum atomic E-state index is 7.02. The summed E-state index contributed by atoms with van der Waals surface area (Å²) in [5.41, 5.74) is 3.88. The maximum Gasteiger partial charge on any atom is 0.187 e. The summed E-state index contributed by atoms with van der Waals surface area (Å²) in [7, 11) is 0. The monoisotopic (exact) mass is 236 g/mol. The minimum Gasteiger partial charge on any atom is -0.256 e. The van der Waals surface area contributed by atoms with Crippen molar-refractivity contribution in [3.63, 3.8) is 0 Å². The first-order valence-electron chi connectivity index (χ1n) is 5.95. The minimum absolute atomic E-state index is 0.115. The van der Waals surface area contributed by atoms with Gasteiger partial charge in [-0.2, -0.15) is 0 Å². The molecule has 0 amide bonds. The number of nitrogens with zero attached hydrogens (tertiary/aromatic N) is 2. The van der Waals surface area contributed by atoms with Crippen LogP contribution < -0.4 is 0 Å². The quantitative estimate of drug-likeness (QED) is 0.661. The van der Waals surface area contributed by atoms with Gasteiger partial charge in [0.2, 0.25) is 0 Å². The number of pyridine rings is 1. The third kappa shape index (κ3) is 2.57. The average molecular weight is 236 g/mol. The molecule has 0 aliphatic carbocycles. The topological polar surface area (TPSA) is 17.2 Å². The van der Waals surface area contributed by atoms with Gasteiger partial charge in [0, 0.05) is 6.20 Å². The Hall–Kier alpha value is -2.14. The third-order valence-electron chi connectivity index (χ3n) is 2.90. The Morgan fingerprint density at radius 1 is 1.11 bits per heavy atom. The molecule has 2 aromatic rings. The fourth-order valence-corrected chi connectivity index (χ4v) is 1.74. The standard InChI is InChI=1S/C16H16N2/c1-16(2,3)13-8-9-15(18-11-13)12-6-5-7-14(10-12)17-4/h5-11H,1-3H3. The number of rotatable bonds is 1. The Kier molecular flexibility index (Phi) is 3.16. The number of hydrogen-bond acceptors (Lipinski definition) is 1. The highest BCUT2D eigenvalue weighted by Crippen LogP contribution is 2.26. The lowest BCUT2D eigenvalue weighted by Crippen LogP contribution is -2.11. The van der Waals surface area contributed by atoms with E-state index in [1.807, 2.05) is 30.5 Å². The van der Waals surface area contributed by atoms with Crippen molar-refractivity contribution in [2.75, 3.05) is 0 Å². The molecule has 1 aromatic carbocycles. The van der Waals surface area contributed by atoms with E-state index in [0.29, 0.717) is 5.69 Å². The maximum absolute atomic E-state index is 7.02. The molecule has 0 fully saturated rings. The first-order chi connectivity index (χ1) is 8.50. The van der Waals surface area contributed by atoms with Crippen molar-refractivity contribution in [1.82, 2.24) is 4.98 Å². The van der Waals surface area contributed by atoms with E-state index in [1.165, 1.54) is 5.56 Å². The van der Waals surface area contributed by atoms with E-state index in [0.717, 1.165) is 11.3 Å². The molecule has 2 rings (SSSR count). The van der Waals surface area contributed by atoms with Gasteiger partial charge in [-0.3, -0.25) is 4.98 Å². The smallest absolute Gasteiger partial charge is 0.187 e. The van der Waals surface area contributed by atoms with Crippen molar-refractivity contribution in [3.8, 4) is 11.3 Å². The largest absolute Gasteiger partial charge is 0.256 e. The predicted octanol–water partition coefficient (Wildman–Crippen LogP) is 4.60. The first kappa shape index (κ1) is 12.3. The van der Waals surface area contributed by atoms with Gasteiger partial charge in [0.25, 0.3) is 0 Å². The van der Waals surface area contributed by atoms with Gasteiger partial charge < -0.3 is 0 Å². The highest BCUT2D eigenvalue weighted by atomic mass is 14.7. The Morgan fingerprint density at radius 3 is 2.44 bits per heavy atom. The lowest BCUT2D eigenvalue weighted by atomic mass is 9.88. The van der Waals surface area contributed by atoms with E-state index < -0.39 is 0 Å². The molecular weight excluding hydrogens is 220 g/mol. The van der Waals surface area contributed by atoms with Gasteiger partial charge in [-0.15, -0.1) is 0 Å². The molecule has 0 saturated heterocycles. The fourth-order valence-electron chi connectivity index (χ4n) is 1.74. The highest BCUT2D eigenvalue weighted by Gasteiger charge is 2.13. The van der Waals surface area contributed by atoms with Gasteiger partial charge in [0.1, 0.15) is 0 Å². The number of hydrogen-bond donors (Lipinski definition) is 0. The zero-order chi connectivity index (χ0) is 13.2. The van der Waals surface area contributed by atoms with Crippen LogP contribution in [0.15, 0.2) is 42.6 Å². The summed E-state index contributed by atoms with van der Waals surface area (Å²) in [4.78, 5) is 7.92. The molecule has 90 valence electrons. The molecule has 2 heteroatoms. The lowest BCUT2D eigenvalue weighted by molar-refractivity contribution is 0.587. The first-order valence-corrected chi connectivity index (χ1v) is 5.95. The van der Waals surface area contributed by atoms with Crippen LogP contribution in [0.2, 0.25) is 0 Å². The normalized spacial score (nSPS) is 11.0. The molecule has 0 atom stereocenters. The SMILES string of the molecule is [C-]#[N+]c1cccc(-c2ccc(C(C)(C)C)cn2)c1. The van der Waals surface area contributed by atoms with Crippen molar-refractivity contribution in [3.05, 3.63) is 59.6 Å². The van der Waals surface area contributed by atoms with Gasteiger partial charge in [-0.05, 0) is 28.7 Å². The molecule has 0 spiro atoms. The summed E-state index contributed by atoms with van der Waals surface area (Å²) in [6, 6.07) is 11.7. The van der Waals surface area contributed by atoms with Gasteiger partial charge >= 0.3 is 0 Å². The molecule has 18 heavy (non-hydrogen) atoms. The molecule has 1 aromatic heterocycles. The summed E-state index contributed by atoms with van der Waals surface area (Å²) >= 11 is 0. The lowest BCUT2D eigenvalue weighted by Gasteiger charge is -2.18. The molecule has 2 nitrogen and oxygen atoms in total. The van der Waals surface area contributed by atoms with E-state index in [4.69, 9.17) is 6.57 Å². The van der Waals surface area contributed by atoms with Crippen LogP contribution in [0.3, 0.4) is 0 Å². The Bertz CT molecular complexity index is 584. The van der Waals surface area contributed by atoms with E-state index in [1.54, 1.807) is 6.07 Å². The van der Waals surface area contributed by atoms with Crippen molar-refractivity contribution in [1.29, 1.82) is 0 Å². The molecule has 0 aliphatic heterocycles. The van der Waals surface area contributed by atoms with Crippen LogP contribution in [-0.2, 0) is 5.41 Å². The molecule has 0 radical (unpaired) electrons. The summed E-state index contributed by atoms with van der Waals surface area (Å²) in [6.45, 7) is 13.5. The summed E-state index contributed by atoms with van der Waals surface area (Å²) < 4.78 is 0. The number of benzene rings is 1. The second-order valence-electron chi connectivity index (χ2n) is 5.34. The van der Waals surface area contributed by atoms with Crippen molar-refractivity contribution in [2.45, 2.75) is 26.2 Å². The van der Waals surface area contributed by atoms with Crippen molar-refractivity contribution >= 4 is 5.69 Å². The second kappa shape index (κ2) is 4.62. The van der Waals surface area contributed by atoms with Crippen LogP contribution in [0.5, 0.6) is 0 Å². The van der Waals surface area contributed by atoms with Crippen LogP contribution in [0, 0.1) is 6.57 Å². The highest BCUT2D eigenvalue weighted by molar-refractivity contribution is 5.65. The third-order valence-corrected chi connectivity index (χ3v) is 2.90. The van der Waals surface area contributed by atoms with Gasteiger partial charge in [0.15, 0.2) is 5.69 Å². The molecule has 0 aliphatic rings. The zero-order valence-corrected chi connectivity index (χ0v) is 10.9. The van der Waals surface area contributed by atoms with E-state index >= 15 is 0 Å². The van der Waals surface area contributed by atoms with Crippen LogP contribution in [0.25, 0.3) is 16.1 Å². The Labute approximate surface area is 108 Å². The van der Waals surface area contributed by atoms with Crippen LogP contribution >= 0.6 is 0 Å². The second-order valence-corrected chi connectivity index (χ2v) is 5.34. The molecule has 0 saturated carbocycles. The van der Waals surface area contributed by atoms with Crippen molar-refractivity contribution in [2.24, 2.45) is 0 Å². The Morgan fingerprint density at radius 2 is 1.89 bits per heavy atom. The van der Waals surface area contributed by atoms with Crippen LogP contribution in [-0.4, -0.2) is 4.98 Å².